The first-order valence-electron chi connectivity index (χ1n) is 6.93. The predicted molar refractivity (Wildman–Crippen MR) is 83.0 cm³/mol. The summed E-state index contributed by atoms with van der Waals surface area (Å²) in [5.74, 6) is 0.929. The van der Waals surface area contributed by atoms with Gasteiger partial charge in [-0.3, -0.25) is 0 Å². The molecule has 3 heteroatoms. The summed E-state index contributed by atoms with van der Waals surface area (Å²) in [4.78, 5) is 2.29. The van der Waals surface area contributed by atoms with E-state index in [1.165, 1.54) is 38.5 Å². The van der Waals surface area contributed by atoms with Gasteiger partial charge in [0.05, 0.1) is 11.4 Å². The van der Waals surface area contributed by atoms with Crippen LogP contribution in [0.2, 0.25) is 0 Å². The molecule has 1 saturated carbocycles. The van der Waals surface area contributed by atoms with E-state index in [0.29, 0.717) is 0 Å². The molecule has 0 unspecified atom stereocenters. The Kier molecular flexibility index (Phi) is 4.93. The van der Waals surface area contributed by atoms with Gasteiger partial charge in [0.1, 0.15) is 0 Å². The number of nitrogens with zero attached hydrogens (tertiary/aromatic N) is 1. The number of halogens is 1. The topological polar surface area (TPSA) is 29.3 Å². The van der Waals surface area contributed by atoms with Gasteiger partial charge < -0.3 is 10.6 Å². The molecular formula is C15H23BrN2. The first kappa shape index (κ1) is 13.7. The van der Waals surface area contributed by atoms with Crippen molar-refractivity contribution in [3.05, 3.63) is 22.7 Å². The molecule has 1 aliphatic carbocycles. The van der Waals surface area contributed by atoms with E-state index in [2.05, 4.69) is 40.0 Å². The van der Waals surface area contributed by atoms with E-state index in [9.17, 15) is 0 Å². The third-order valence-corrected chi connectivity index (χ3v) is 4.49. The molecule has 0 radical (unpaired) electrons. The number of nitrogens with two attached hydrogens (primary N) is 1. The van der Waals surface area contributed by atoms with Crippen molar-refractivity contribution >= 4 is 27.3 Å². The highest BCUT2D eigenvalue weighted by Gasteiger charge is 2.14. The minimum atomic E-state index is 0.857. The molecule has 0 atom stereocenters. The van der Waals surface area contributed by atoms with Crippen LogP contribution in [0.5, 0.6) is 0 Å². The Morgan fingerprint density at radius 3 is 2.67 bits per heavy atom. The molecule has 100 valence electrons. The van der Waals surface area contributed by atoms with Gasteiger partial charge in [-0.05, 0) is 30.5 Å². The average Bonchev–Trinajstić information content (AvgIpc) is 2.37. The first-order chi connectivity index (χ1) is 8.66. The molecule has 1 aliphatic rings. The molecule has 2 rings (SSSR count). The maximum atomic E-state index is 6.06. The second-order valence-corrected chi connectivity index (χ2v) is 6.33. The monoisotopic (exact) mass is 310 g/mol. The summed E-state index contributed by atoms with van der Waals surface area (Å²) in [6.45, 7) is 1.11. The van der Waals surface area contributed by atoms with Gasteiger partial charge >= 0.3 is 0 Å². The molecule has 2 nitrogen and oxygen atoms in total. The Labute approximate surface area is 119 Å². The van der Waals surface area contributed by atoms with Gasteiger partial charge in [0, 0.05) is 18.1 Å². The standard InChI is InChI=1S/C15H23BrN2/c1-18(10-9-12-5-3-2-4-6-12)15-8-7-13(16)11-14(15)17/h7-8,11-12H,2-6,9-10,17H2,1H3. The maximum Gasteiger partial charge on any atom is 0.0598 e. The fourth-order valence-electron chi connectivity index (χ4n) is 2.85. The fraction of sp³-hybridized carbons (Fsp3) is 0.600. The van der Waals surface area contributed by atoms with E-state index < -0.39 is 0 Å². The third-order valence-electron chi connectivity index (χ3n) is 4.00. The van der Waals surface area contributed by atoms with Crippen LogP contribution >= 0.6 is 15.9 Å². The summed E-state index contributed by atoms with van der Waals surface area (Å²) >= 11 is 3.45. The van der Waals surface area contributed by atoms with Crippen molar-refractivity contribution < 1.29 is 0 Å². The highest BCUT2D eigenvalue weighted by molar-refractivity contribution is 9.10. The SMILES string of the molecule is CN(CCC1CCCCC1)c1ccc(Br)cc1N. The molecule has 1 fully saturated rings. The zero-order valence-corrected chi connectivity index (χ0v) is 12.7. The van der Waals surface area contributed by atoms with Crippen LogP contribution in [0.3, 0.4) is 0 Å². The quantitative estimate of drug-likeness (QED) is 0.833. The second-order valence-electron chi connectivity index (χ2n) is 5.42. The van der Waals surface area contributed by atoms with Crippen LogP contribution in [0.4, 0.5) is 11.4 Å². The van der Waals surface area contributed by atoms with Gasteiger partial charge in [0.15, 0.2) is 0 Å². The Morgan fingerprint density at radius 2 is 2.00 bits per heavy atom. The van der Waals surface area contributed by atoms with Crippen molar-refractivity contribution in [1.29, 1.82) is 0 Å². The summed E-state index contributed by atoms with van der Waals surface area (Å²) in [7, 11) is 2.14. The molecule has 0 aromatic heterocycles. The van der Waals surface area contributed by atoms with Crippen molar-refractivity contribution in [2.45, 2.75) is 38.5 Å². The lowest BCUT2D eigenvalue weighted by Gasteiger charge is -2.26. The molecular weight excluding hydrogens is 288 g/mol. The number of hydrogen-bond acceptors (Lipinski definition) is 2. The normalized spacial score (nSPS) is 16.8. The van der Waals surface area contributed by atoms with E-state index >= 15 is 0 Å². The number of nitrogen functional groups attached to an aromatic ring is 1. The Morgan fingerprint density at radius 1 is 1.28 bits per heavy atom. The average molecular weight is 311 g/mol. The smallest absolute Gasteiger partial charge is 0.0598 e. The predicted octanol–water partition coefficient (Wildman–Crippen LogP) is 4.44. The Balaban J connectivity index is 1.88. The van der Waals surface area contributed by atoms with Crippen LogP contribution in [0, 0.1) is 5.92 Å². The van der Waals surface area contributed by atoms with Crippen LogP contribution in [0.15, 0.2) is 22.7 Å². The van der Waals surface area contributed by atoms with Gasteiger partial charge in [-0.1, -0.05) is 48.0 Å². The minimum Gasteiger partial charge on any atom is -0.397 e. The Bertz CT molecular complexity index is 386. The van der Waals surface area contributed by atoms with Gasteiger partial charge in [-0.2, -0.15) is 0 Å². The van der Waals surface area contributed by atoms with Crippen molar-refractivity contribution in [2.75, 3.05) is 24.2 Å². The first-order valence-corrected chi connectivity index (χ1v) is 7.72. The van der Waals surface area contributed by atoms with Gasteiger partial charge in [-0.15, -0.1) is 0 Å². The number of rotatable bonds is 4. The largest absolute Gasteiger partial charge is 0.397 e. The molecule has 0 aliphatic heterocycles. The molecule has 0 saturated heterocycles. The fourth-order valence-corrected chi connectivity index (χ4v) is 3.22. The number of anilines is 2. The van der Waals surface area contributed by atoms with Crippen LogP contribution in [0.25, 0.3) is 0 Å². The molecule has 0 amide bonds. The van der Waals surface area contributed by atoms with E-state index in [0.717, 1.165) is 28.3 Å². The van der Waals surface area contributed by atoms with E-state index in [1.807, 2.05) is 6.07 Å². The molecule has 0 heterocycles. The highest BCUT2D eigenvalue weighted by Crippen LogP contribution is 2.29. The van der Waals surface area contributed by atoms with E-state index in [-0.39, 0.29) is 0 Å². The molecule has 1 aromatic rings. The second kappa shape index (κ2) is 6.46. The van der Waals surface area contributed by atoms with Crippen molar-refractivity contribution in [2.24, 2.45) is 5.92 Å². The lowest BCUT2D eigenvalue weighted by Crippen LogP contribution is -2.22. The summed E-state index contributed by atoms with van der Waals surface area (Å²) < 4.78 is 1.05. The summed E-state index contributed by atoms with van der Waals surface area (Å²) in [6.07, 6.45) is 8.43. The molecule has 0 spiro atoms. The van der Waals surface area contributed by atoms with Crippen LogP contribution < -0.4 is 10.6 Å². The summed E-state index contributed by atoms with van der Waals surface area (Å²) in [5.41, 5.74) is 8.06. The van der Waals surface area contributed by atoms with Crippen LogP contribution in [0.1, 0.15) is 38.5 Å². The molecule has 0 bridgehead atoms. The number of hydrogen-bond donors (Lipinski definition) is 1. The summed E-state index contributed by atoms with van der Waals surface area (Å²) in [6, 6.07) is 6.13. The molecule has 18 heavy (non-hydrogen) atoms. The van der Waals surface area contributed by atoms with Gasteiger partial charge in [0.25, 0.3) is 0 Å². The van der Waals surface area contributed by atoms with Crippen molar-refractivity contribution in [3.63, 3.8) is 0 Å². The van der Waals surface area contributed by atoms with Crippen molar-refractivity contribution in [3.8, 4) is 0 Å². The van der Waals surface area contributed by atoms with Crippen LogP contribution in [-0.4, -0.2) is 13.6 Å². The van der Waals surface area contributed by atoms with E-state index in [1.54, 1.807) is 0 Å². The third kappa shape index (κ3) is 3.64. The highest BCUT2D eigenvalue weighted by atomic mass is 79.9. The van der Waals surface area contributed by atoms with Gasteiger partial charge in [-0.25, -0.2) is 0 Å². The zero-order valence-electron chi connectivity index (χ0n) is 11.2. The maximum absolute atomic E-state index is 6.06. The minimum absolute atomic E-state index is 0.857. The summed E-state index contributed by atoms with van der Waals surface area (Å²) in [5, 5.41) is 0. The van der Waals surface area contributed by atoms with Crippen molar-refractivity contribution in [1.82, 2.24) is 0 Å². The molecule has 2 N–H and O–H groups in total. The van der Waals surface area contributed by atoms with E-state index in [4.69, 9.17) is 5.73 Å². The lowest BCUT2D eigenvalue weighted by molar-refractivity contribution is 0.341. The lowest BCUT2D eigenvalue weighted by atomic mass is 9.87. The number of benzene rings is 1. The zero-order chi connectivity index (χ0) is 13.0. The Hall–Kier alpha value is -0.700. The molecule has 1 aromatic carbocycles. The van der Waals surface area contributed by atoms with Gasteiger partial charge in [0.2, 0.25) is 0 Å². The van der Waals surface area contributed by atoms with Crippen LogP contribution in [-0.2, 0) is 0 Å².